The van der Waals surface area contributed by atoms with E-state index in [9.17, 15) is 19.7 Å². The monoisotopic (exact) mass is 586 g/mol. The summed E-state index contributed by atoms with van der Waals surface area (Å²) in [6.45, 7) is 5.42. The number of rotatable bonds is 12. The number of carbonyl (C=O) groups is 2. The molecule has 0 radical (unpaired) electrons. The van der Waals surface area contributed by atoms with Gasteiger partial charge in [-0.15, -0.1) is 11.8 Å². The fraction of sp³-hybridized carbons (Fsp3) is 0.303. The minimum Gasteiger partial charge on any atom is -0.465 e. The molecule has 0 spiro atoms. The van der Waals surface area contributed by atoms with E-state index in [1.54, 1.807) is 44.7 Å². The minimum atomic E-state index is -0.932. The zero-order valence-corrected chi connectivity index (χ0v) is 24.7. The van der Waals surface area contributed by atoms with Gasteiger partial charge in [0.2, 0.25) is 0 Å². The molecule has 3 unspecified atom stereocenters. The number of allylic oxidation sites excluding steroid dienone is 1. The van der Waals surface area contributed by atoms with Crippen LogP contribution in [0.3, 0.4) is 0 Å². The molecule has 0 N–H and O–H groups in total. The predicted octanol–water partition coefficient (Wildman–Crippen LogP) is 7.46. The highest BCUT2D eigenvalue weighted by Crippen LogP contribution is 2.44. The number of hydrogen-bond donors (Lipinski definition) is 0. The molecule has 0 saturated heterocycles. The van der Waals surface area contributed by atoms with E-state index in [-0.39, 0.29) is 29.7 Å². The number of hydrogen-bond acceptors (Lipinski definition) is 8. The van der Waals surface area contributed by atoms with E-state index in [4.69, 9.17) is 14.5 Å². The highest BCUT2D eigenvalue weighted by Gasteiger charge is 2.43. The van der Waals surface area contributed by atoms with E-state index >= 15 is 0 Å². The van der Waals surface area contributed by atoms with Crippen LogP contribution in [0.1, 0.15) is 55.9 Å². The summed E-state index contributed by atoms with van der Waals surface area (Å²) in [6.07, 6.45) is 1.07. The number of aliphatic imine (C=N–C) groups is 1. The molecule has 0 amide bonds. The van der Waals surface area contributed by atoms with Gasteiger partial charge in [-0.05, 0) is 56.9 Å². The third-order valence-corrected chi connectivity index (χ3v) is 8.37. The average molecular weight is 587 g/mol. The number of nitrogens with zero attached hydrogens (tertiary/aromatic N) is 2. The molecule has 42 heavy (non-hydrogen) atoms. The van der Waals surface area contributed by atoms with Crippen LogP contribution in [0.15, 0.2) is 106 Å². The van der Waals surface area contributed by atoms with Crippen LogP contribution in [0.5, 0.6) is 0 Å². The number of nitro benzene ring substituents is 1. The fourth-order valence-corrected chi connectivity index (χ4v) is 6.37. The quantitative estimate of drug-likeness (QED) is 0.0938. The lowest BCUT2D eigenvalue weighted by Crippen LogP contribution is -2.37. The molecule has 3 atom stereocenters. The molecule has 0 fully saturated rings. The van der Waals surface area contributed by atoms with Gasteiger partial charge >= 0.3 is 11.9 Å². The zero-order chi connectivity index (χ0) is 30.1. The Balaban J connectivity index is 1.80. The number of nitro groups is 1. The van der Waals surface area contributed by atoms with Crippen molar-refractivity contribution in [2.45, 2.75) is 49.7 Å². The molecule has 218 valence electrons. The molecule has 4 rings (SSSR count). The van der Waals surface area contributed by atoms with Crippen molar-refractivity contribution < 1.29 is 24.0 Å². The summed E-state index contributed by atoms with van der Waals surface area (Å²) in [6, 6.07) is 26.3. The van der Waals surface area contributed by atoms with Gasteiger partial charge in [0.15, 0.2) is 0 Å². The average Bonchev–Trinajstić information content (AvgIpc) is 3.00. The van der Waals surface area contributed by atoms with E-state index < -0.39 is 28.7 Å². The lowest BCUT2D eigenvalue weighted by atomic mass is 9.75. The normalized spacial score (nSPS) is 17.3. The lowest BCUT2D eigenvalue weighted by molar-refractivity contribution is -0.384. The Bertz CT molecular complexity index is 1470. The van der Waals surface area contributed by atoms with Crippen molar-refractivity contribution in [3.63, 3.8) is 0 Å². The van der Waals surface area contributed by atoms with Gasteiger partial charge in [-0.25, -0.2) is 4.79 Å². The van der Waals surface area contributed by atoms with Crippen LogP contribution in [0.4, 0.5) is 5.69 Å². The van der Waals surface area contributed by atoms with Crippen LogP contribution in [-0.2, 0) is 19.1 Å². The number of ether oxygens (including phenoxy) is 2. The van der Waals surface area contributed by atoms with Crippen molar-refractivity contribution in [2.75, 3.05) is 13.2 Å². The topological polar surface area (TPSA) is 108 Å². The summed E-state index contributed by atoms with van der Waals surface area (Å²) < 4.78 is 10.9. The molecule has 8 nitrogen and oxygen atoms in total. The van der Waals surface area contributed by atoms with Gasteiger partial charge in [-0.2, -0.15) is 0 Å². The van der Waals surface area contributed by atoms with E-state index in [0.717, 1.165) is 10.5 Å². The van der Waals surface area contributed by atoms with Crippen molar-refractivity contribution in [2.24, 2.45) is 10.9 Å². The second-order valence-corrected chi connectivity index (χ2v) is 11.0. The highest BCUT2D eigenvalue weighted by molar-refractivity contribution is 7.99. The van der Waals surface area contributed by atoms with Gasteiger partial charge < -0.3 is 9.47 Å². The molecule has 1 aliphatic heterocycles. The van der Waals surface area contributed by atoms with Crippen molar-refractivity contribution in [1.29, 1.82) is 0 Å². The Hall–Kier alpha value is -4.24. The number of non-ortho nitro benzene ring substituents is 1. The summed E-state index contributed by atoms with van der Waals surface area (Å²) in [4.78, 5) is 44.0. The van der Waals surface area contributed by atoms with Crippen LogP contribution in [0.2, 0.25) is 0 Å². The predicted molar refractivity (Wildman–Crippen MR) is 163 cm³/mol. The molecule has 0 bridgehead atoms. The molecule has 1 heterocycles. The minimum absolute atomic E-state index is 0.0547. The van der Waals surface area contributed by atoms with Gasteiger partial charge in [-0.1, -0.05) is 60.7 Å². The van der Waals surface area contributed by atoms with Gasteiger partial charge in [0, 0.05) is 33.9 Å². The van der Waals surface area contributed by atoms with Crippen LogP contribution in [-0.4, -0.2) is 35.8 Å². The molecular formula is C33H34N2O6S. The Morgan fingerprint density at radius 1 is 0.952 bits per heavy atom. The maximum atomic E-state index is 13.6. The van der Waals surface area contributed by atoms with Crippen molar-refractivity contribution in [3.8, 4) is 0 Å². The largest absolute Gasteiger partial charge is 0.465 e. The first-order valence-corrected chi connectivity index (χ1v) is 14.8. The van der Waals surface area contributed by atoms with E-state index in [1.807, 2.05) is 36.4 Å². The first kappa shape index (κ1) is 30.7. The highest BCUT2D eigenvalue weighted by atomic mass is 32.2. The van der Waals surface area contributed by atoms with Crippen molar-refractivity contribution >= 4 is 35.1 Å². The second-order valence-electron chi connectivity index (χ2n) is 9.76. The molecular weight excluding hydrogens is 552 g/mol. The third kappa shape index (κ3) is 7.33. The second kappa shape index (κ2) is 14.6. The van der Waals surface area contributed by atoms with Crippen LogP contribution >= 0.6 is 11.8 Å². The number of thioether (sulfide) groups is 1. The summed E-state index contributed by atoms with van der Waals surface area (Å²) in [5.41, 5.74) is 2.69. The Labute approximate surface area is 250 Å². The van der Waals surface area contributed by atoms with Gasteiger partial charge in [0.25, 0.3) is 5.69 Å². The molecule has 1 aliphatic rings. The molecule has 9 heteroatoms. The Kier molecular flexibility index (Phi) is 10.7. The summed E-state index contributed by atoms with van der Waals surface area (Å²) in [5, 5.41) is 11.7. The Morgan fingerprint density at radius 3 is 2.26 bits per heavy atom. The maximum absolute atomic E-state index is 13.6. The summed E-state index contributed by atoms with van der Waals surface area (Å²) >= 11 is 1.73. The molecule has 3 aromatic rings. The molecule has 3 aromatic carbocycles. The summed E-state index contributed by atoms with van der Waals surface area (Å²) in [7, 11) is 0. The fourth-order valence-electron chi connectivity index (χ4n) is 5.20. The number of carbonyl (C=O) groups excluding carboxylic acids is 2. The third-order valence-electron chi connectivity index (χ3n) is 7.03. The van der Waals surface area contributed by atoms with E-state index in [1.165, 1.54) is 12.1 Å². The molecule has 0 saturated carbocycles. The standard InChI is InChI=1S/C33H34N2O6S/c1-4-40-32(36)29-22(3)34-27(19-20-28(23-13-8-6-9-14-23)42-26-17-10-7-11-18-26)31(33(37)41-5-2)30(29)24-15-12-16-25(21-24)35(38)39/h6-18,21,28-30H,4-5,19-20H2,1-3H3. The Morgan fingerprint density at radius 2 is 1.62 bits per heavy atom. The maximum Gasteiger partial charge on any atom is 0.336 e. The lowest BCUT2D eigenvalue weighted by Gasteiger charge is -2.32. The van der Waals surface area contributed by atoms with Gasteiger partial charge in [-0.3, -0.25) is 19.9 Å². The first-order chi connectivity index (χ1) is 20.3. The zero-order valence-electron chi connectivity index (χ0n) is 23.9. The van der Waals surface area contributed by atoms with Crippen molar-refractivity contribution in [3.05, 3.63) is 117 Å². The van der Waals surface area contributed by atoms with Gasteiger partial charge in [0.1, 0.15) is 5.92 Å². The van der Waals surface area contributed by atoms with Crippen molar-refractivity contribution in [1.82, 2.24) is 0 Å². The van der Waals surface area contributed by atoms with Gasteiger partial charge in [0.05, 0.1) is 29.4 Å². The van der Waals surface area contributed by atoms with Crippen LogP contribution in [0.25, 0.3) is 0 Å². The molecule has 0 aliphatic carbocycles. The SMILES string of the molecule is CCOC(=O)C1=C(CCC(Sc2ccccc2)c2ccccc2)N=C(C)C(C(=O)OCC)C1c1cccc([N+](=O)[O-])c1. The smallest absolute Gasteiger partial charge is 0.336 e. The number of benzene rings is 3. The summed E-state index contributed by atoms with van der Waals surface area (Å²) in [5.74, 6) is -2.93. The molecule has 0 aromatic heterocycles. The number of esters is 2. The van der Waals surface area contributed by atoms with E-state index in [0.29, 0.717) is 29.8 Å². The van der Waals surface area contributed by atoms with Crippen LogP contribution < -0.4 is 0 Å². The first-order valence-electron chi connectivity index (χ1n) is 14.0. The van der Waals surface area contributed by atoms with E-state index in [2.05, 4.69) is 24.3 Å². The van der Waals surface area contributed by atoms with Crippen LogP contribution in [0, 0.1) is 16.0 Å².